The summed E-state index contributed by atoms with van der Waals surface area (Å²) in [5, 5.41) is 5.11. The number of ether oxygens (including phenoxy) is 1. The van der Waals surface area contributed by atoms with Gasteiger partial charge in [-0.1, -0.05) is 18.2 Å². The van der Waals surface area contributed by atoms with E-state index in [9.17, 15) is 18.8 Å². The first-order valence-electron chi connectivity index (χ1n) is 10.2. The van der Waals surface area contributed by atoms with Crippen molar-refractivity contribution in [2.24, 2.45) is 0 Å². The molecule has 2 N–H and O–H groups in total. The number of urea groups is 1. The van der Waals surface area contributed by atoms with Gasteiger partial charge in [-0.25, -0.2) is 14.1 Å². The Morgan fingerprint density at radius 2 is 1.97 bits per heavy atom. The monoisotopic (exact) mass is 438 g/mol. The number of imide groups is 1. The Morgan fingerprint density at radius 1 is 1.19 bits per heavy atom. The summed E-state index contributed by atoms with van der Waals surface area (Å²) in [6.45, 7) is 3.75. The van der Waals surface area contributed by atoms with Gasteiger partial charge in [0.2, 0.25) is 5.91 Å². The van der Waals surface area contributed by atoms with Gasteiger partial charge in [-0.15, -0.1) is 0 Å². The molecule has 0 unspecified atom stereocenters. The van der Waals surface area contributed by atoms with Gasteiger partial charge in [-0.3, -0.25) is 9.59 Å². The molecule has 4 rings (SSSR count). The van der Waals surface area contributed by atoms with Crippen molar-refractivity contribution in [2.75, 3.05) is 43.1 Å². The number of hydrogen-bond acceptors (Lipinski definition) is 5. The lowest BCUT2D eigenvalue weighted by Crippen LogP contribution is -2.38. The molecule has 0 saturated carbocycles. The topological polar surface area (TPSA) is 91.0 Å². The quantitative estimate of drug-likeness (QED) is 0.553. The van der Waals surface area contributed by atoms with Gasteiger partial charge >= 0.3 is 6.03 Å². The van der Waals surface area contributed by atoms with Crippen LogP contribution in [0.2, 0.25) is 0 Å². The zero-order valence-electron chi connectivity index (χ0n) is 17.6. The number of carbonyl (C=O) groups excluding carboxylic acids is 3. The van der Waals surface area contributed by atoms with Gasteiger partial charge in [-0.2, -0.15) is 0 Å². The second-order valence-electron chi connectivity index (χ2n) is 7.61. The smallest absolute Gasteiger partial charge is 0.329 e. The van der Waals surface area contributed by atoms with Crippen LogP contribution in [0.25, 0.3) is 6.08 Å². The van der Waals surface area contributed by atoms with Crippen LogP contribution < -0.4 is 15.5 Å². The van der Waals surface area contributed by atoms with Crippen molar-refractivity contribution in [3.05, 3.63) is 65.1 Å². The van der Waals surface area contributed by atoms with E-state index in [2.05, 4.69) is 10.6 Å². The number of halogens is 1. The number of carbonyl (C=O) groups is 3. The highest BCUT2D eigenvalue weighted by Crippen LogP contribution is 2.23. The number of morpholine rings is 1. The summed E-state index contributed by atoms with van der Waals surface area (Å²) in [6, 6.07) is 11.1. The van der Waals surface area contributed by atoms with E-state index in [4.69, 9.17) is 4.74 Å². The minimum absolute atomic E-state index is 0.0168. The van der Waals surface area contributed by atoms with E-state index in [-0.39, 0.29) is 5.70 Å². The van der Waals surface area contributed by atoms with Gasteiger partial charge in [0.15, 0.2) is 0 Å². The predicted octanol–water partition coefficient (Wildman–Crippen LogP) is 2.50. The summed E-state index contributed by atoms with van der Waals surface area (Å²) in [5.41, 5.74) is 2.42. The van der Waals surface area contributed by atoms with Crippen LogP contribution in [0.15, 0.2) is 48.2 Å². The van der Waals surface area contributed by atoms with Crippen molar-refractivity contribution >= 4 is 35.3 Å². The van der Waals surface area contributed by atoms with Crippen molar-refractivity contribution in [3.8, 4) is 0 Å². The molecule has 8 nitrogen and oxygen atoms in total. The van der Waals surface area contributed by atoms with Crippen LogP contribution in [0, 0.1) is 12.7 Å². The number of hydrogen-bond donors (Lipinski definition) is 2. The molecule has 0 atom stereocenters. The van der Waals surface area contributed by atoms with Crippen LogP contribution in [0.5, 0.6) is 0 Å². The number of amides is 4. The van der Waals surface area contributed by atoms with Gasteiger partial charge in [0.25, 0.3) is 5.91 Å². The first-order chi connectivity index (χ1) is 15.4. The average Bonchev–Trinajstić information content (AvgIpc) is 3.02. The maximum Gasteiger partial charge on any atom is 0.329 e. The van der Waals surface area contributed by atoms with Crippen molar-refractivity contribution in [1.29, 1.82) is 0 Å². The van der Waals surface area contributed by atoms with Crippen LogP contribution in [-0.2, 0) is 14.3 Å². The summed E-state index contributed by atoms with van der Waals surface area (Å²) in [5.74, 6) is -1.57. The summed E-state index contributed by atoms with van der Waals surface area (Å²) < 4.78 is 19.9. The van der Waals surface area contributed by atoms with Gasteiger partial charge in [-0.05, 0) is 48.4 Å². The van der Waals surface area contributed by atoms with Crippen molar-refractivity contribution in [1.82, 2.24) is 10.2 Å². The van der Waals surface area contributed by atoms with Gasteiger partial charge in [0.05, 0.1) is 18.9 Å². The number of benzene rings is 2. The Bertz CT molecular complexity index is 1100. The Hall–Kier alpha value is -3.72. The van der Waals surface area contributed by atoms with E-state index in [1.54, 1.807) is 30.3 Å². The Balaban J connectivity index is 1.43. The Labute approximate surface area is 184 Å². The number of nitrogens with zero attached hydrogens (tertiary/aromatic N) is 2. The fraction of sp³-hybridized carbons (Fsp3) is 0.261. The lowest BCUT2D eigenvalue weighted by molar-refractivity contribution is -0.127. The highest BCUT2D eigenvalue weighted by molar-refractivity contribution is 6.15. The minimum Gasteiger partial charge on any atom is -0.378 e. The maximum atomic E-state index is 14.6. The summed E-state index contributed by atoms with van der Waals surface area (Å²) in [6.07, 6.45) is 1.39. The molecule has 2 aromatic rings. The summed E-state index contributed by atoms with van der Waals surface area (Å²) >= 11 is 0. The normalized spacial score (nSPS) is 17.6. The van der Waals surface area contributed by atoms with Gasteiger partial charge < -0.3 is 20.3 Å². The number of nitrogens with one attached hydrogen (secondary N) is 2. The summed E-state index contributed by atoms with van der Waals surface area (Å²) in [7, 11) is 0. The maximum absolute atomic E-state index is 14.6. The zero-order chi connectivity index (χ0) is 22.7. The summed E-state index contributed by atoms with van der Waals surface area (Å²) in [4.78, 5) is 39.9. The number of rotatable bonds is 5. The molecular formula is C23H23FN4O4. The van der Waals surface area contributed by atoms with E-state index in [1.165, 1.54) is 12.1 Å². The standard InChI is InChI=1S/C23H23FN4O4/c1-15-3-2-4-17(11-15)25-21(29)14-28-22(30)19(26-23(28)31)13-16-5-6-20(18(24)12-16)27-7-9-32-10-8-27/h2-6,11-13H,7-10,14H2,1H3,(H,25,29)(H,26,31)/b19-13-. The average molecular weight is 438 g/mol. The molecule has 0 radical (unpaired) electrons. The Morgan fingerprint density at radius 3 is 2.69 bits per heavy atom. The van der Waals surface area contributed by atoms with E-state index in [0.717, 1.165) is 10.5 Å². The molecule has 0 aromatic heterocycles. The highest BCUT2D eigenvalue weighted by Gasteiger charge is 2.35. The largest absolute Gasteiger partial charge is 0.378 e. The molecule has 0 aliphatic carbocycles. The predicted molar refractivity (Wildman–Crippen MR) is 117 cm³/mol. The van der Waals surface area contributed by atoms with Crippen LogP contribution >= 0.6 is 0 Å². The number of anilines is 2. The highest BCUT2D eigenvalue weighted by atomic mass is 19.1. The second kappa shape index (κ2) is 9.19. The molecule has 0 bridgehead atoms. The third-order valence-electron chi connectivity index (χ3n) is 5.20. The van der Waals surface area contributed by atoms with Crippen LogP contribution in [-0.4, -0.2) is 55.6 Å². The molecule has 166 valence electrons. The van der Waals surface area contributed by atoms with Crippen LogP contribution in [0.3, 0.4) is 0 Å². The van der Waals surface area contributed by atoms with Crippen molar-refractivity contribution in [2.45, 2.75) is 6.92 Å². The van der Waals surface area contributed by atoms with Crippen molar-refractivity contribution in [3.63, 3.8) is 0 Å². The Kier molecular flexibility index (Phi) is 6.18. The lowest BCUT2D eigenvalue weighted by Gasteiger charge is -2.29. The fourth-order valence-corrected chi connectivity index (χ4v) is 3.62. The zero-order valence-corrected chi connectivity index (χ0v) is 17.6. The molecule has 32 heavy (non-hydrogen) atoms. The molecule has 4 amide bonds. The minimum atomic E-state index is -0.703. The van der Waals surface area contributed by atoms with Gasteiger partial charge in [0, 0.05) is 18.8 Å². The molecule has 9 heteroatoms. The molecule has 2 fully saturated rings. The molecule has 0 spiro atoms. The van der Waals surface area contributed by atoms with E-state index in [0.29, 0.717) is 43.2 Å². The van der Waals surface area contributed by atoms with Crippen LogP contribution in [0.1, 0.15) is 11.1 Å². The molecule has 2 heterocycles. The lowest BCUT2D eigenvalue weighted by atomic mass is 10.1. The van der Waals surface area contributed by atoms with Gasteiger partial charge in [0.1, 0.15) is 18.1 Å². The fourth-order valence-electron chi connectivity index (χ4n) is 3.62. The second-order valence-corrected chi connectivity index (χ2v) is 7.61. The van der Waals surface area contributed by atoms with E-state index < -0.39 is 30.2 Å². The SMILES string of the molecule is Cc1cccc(NC(=O)CN2C(=O)N/C(=C\c3ccc(N4CCOCC4)c(F)c3)C2=O)c1. The van der Waals surface area contributed by atoms with Crippen molar-refractivity contribution < 1.29 is 23.5 Å². The molecule has 2 aliphatic heterocycles. The van der Waals surface area contributed by atoms with Crippen LogP contribution in [0.4, 0.5) is 20.6 Å². The third-order valence-corrected chi connectivity index (χ3v) is 5.20. The molecule has 2 aliphatic rings. The molecule has 2 aromatic carbocycles. The first-order valence-corrected chi connectivity index (χ1v) is 10.2. The molecule has 2 saturated heterocycles. The molecular weight excluding hydrogens is 415 g/mol. The van der Waals surface area contributed by atoms with E-state index >= 15 is 0 Å². The third kappa shape index (κ3) is 4.78. The van der Waals surface area contributed by atoms with E-state index in [1.807, 2.05) is 17.9 Å². The first kappa shape index (κ1) is 21.5. The number of aryl methyl sites for hydroxylation is 1.